The van der Waals surface area contributed by atoms with Gasteiger partial charge in [-0.2, -0.15) is 32.9 Å². The van der Waals surface area contributed by atoms with Gasteiger partial charge < -0.3 is 21.5 Å². The van der Waals surface area contributed by atoms with Crippen molar-refractivity contribution in [3.05, 3.63) is 94.8 Å². The van der Waals surface area contributed by atoms with Crippen LogP contribution in [0.5, 0.6) is 5.75 Å². The zero-order valence-electron chi connectivity index (χ0n) is 20.8. The monoisotopic (exact) mass is 570 g/mol. The third-order valence-electron chi connectivity index (χ3n) is 5.85. The summed E-state index contributed by atoms with van der Waals surface area (Å²) < 4.78 is 73.4. The van der Waals surface area contributed by atoms with Gasteiger partial charge >= 0.3 is 12.3 Å². The molecule has 0 aliphatic rings. The van der Waals surface area contributed by atoms with E-state index in [0.29, 0.717) is 11.3 Å². The molecule has 5 N–H and O–H groups in total. The predicted octanol–water partition coefficient (Wildman–Crippen LogP) is 4.55. The molecule has 0 unspecified atom stereocenters. The third kappa shape index (κ3) is 5.83. The highest BCUT2D eigenvalue weighted by Gasteiger charge is 2.30. The summed E-state index contributed by atoms with van der Waals surface area (Å²) in [6.07, 6.45) is -4.62. The number of ether oxygens (including phenoxy) is 1. The van der Waals surface area contributed by atoms with Gasteiger partial charge in [0.1, 0.15) is 17.2 Å². The molecule has 10 nitrogen and oxygen atoms in total. The van der Waals surface area contributed by atoms with E-state index in [1.165, 1.54) is 24.3 Å². The van der Waals surface area contributed by atoms with Gasteiger partial charge in [0.05, 0.1) is 23.0 Å². The zero-order valence-corrected chi connectivity index (χ0v) is 20.8. The number of amides is 1. The van der Waals surface area contributed by atoms with Crippen molar-refractivity contribution in [2.24, 2.45) is 0 Å². The number of aromatic nitrogens is 5. The Bertz CT molecular complexity index is 1750. The first kappa shape index (κ1) is 27.2. The topological polar surface area (TPSA) is 147 Å². The molecule has 3 aromatic heterocycles. The summed E-state index contributed by atoms with van der Waals surface area (Å²) in [6.45, 7) is -0.288. The number of nitrogen functional groups attached to an aromatic ring is 2. The molecule has 0 saturated carbocycles. The molecule has 5 aromatic rings. The fraction of sp³-hybridized carbons (Fsp3) is 0.115. The van der Waals surface area contributed by atoms with E-state index < -0.39 is 35.2 Å². The Labute approximate surface area is 227 Å². The van der Waals surface area contributed by atoms with Crippen molar-refractivity contribution in [3.63, 3.8) is 0 Å². The molecule has 3 heterocycles. The van der Waals surface area contributed by atoms with E-state index in [9.17, 15) is 26.7 Å². The molecule has 210 valence electrons. The number of fused-ring (bicyclic) bond motifs is 1. The number of carbonyl (C=O) groups is 1. The van der Waals surface area contributed by atoms with Crippen LogP contribution in [0.15, 0.2) is 60.8 Å². The average Bonchev–Trinajstić information content (AvgIpc) is 3.27. The first-order chi connectivity index (χ1) is 19.5. The minimum Gasteiger partial charge on any atom is -0.402 e. The summed E-state index contributed by atoms with van der Waals surface area (Å²) in [6, 6.07) is 11.6. The normalized spacial score (nSPS) is 11.5. The van der Waals surface area contributed by atoms with Crippen molar-refractivity contribution in [2.45, 2.75) is 19.1 Å². The first-order valence-corrected chi connectivity index (χ1v) is 11.8. The quantitative estimate of drug-likeness (QED) is 0.252. The maximum Gasteiger partial charge on any atom is 0.416 e. The second-order valence-corrected chi connectivity index (χ2v) is 8.71. The largest absolute Gasteiger partial charge is 0.416 e. The maximum absolute atomic E-state index is 14.3. The van der Waals surface area contributed by atoms with E-state index in [0.717, 1.165) is 29.1 Å². The van der Waals surface area contributed by atoms with Crippen molar-refractivity contribution in [3.8, 4) is 11.7 Å². The molecule has 1 amide bonds. The minimum absolute atomic E-state index is 0.0208. The molecule has 0 radical (unpaired) electrons. The summed E-state index contributed by atoms with van der Waals surface area (Å²) in [5.74, 6) is -2.54. The summed E-state index contributed by atoms with van der Waals surface area (Å²) in [5, 5.41) is 6.68. The van der Waals surface area contributed by atoms with E-state index in [2.05, 4.69) is 25.4 Å². The molecule has 0 spiro atoms. The van der Waals surface area contributed by atoms with Crippen LogP contribution in [-0.2, 0) is 19.1 Å². The van der Waals surface area contributed by atoms with Crippen molar-refractivity contribution in [2.75, 3.05) is 11.5 Å². The lowest BCUT2D eigenvalue weighted by atomic mass is 10.1. The van der Waals surface area contributed by atoms with E-state index in [-0.39, 0.29) is 47.1 Å². The number of nitrogens with two attached hydrogens (primary N) is 2. The van der Waals surface area contributed by atoms with Crippen LogP contribution in [0.25, 0.3) is 17.0 Å². The second kappa shape index (κ2) is 10.7. The molecule has 0 atom stereocenters. The highest BCUT2D eigenvalue weighted by atomic mass is 19.4. The van der Waals surface area contributed by atoms with Crippen molar-refractivity contribution < 1.29 is 31.5 Å². The number of halogens is 5. The summed E-state index contributed by atoms with van der Waals surface area (Å²) >= 11 is 0. The molecule has 41 heavy (non-hydrogen) atoms. The molecule has 2 aromatic carbocycles. The van der Waals surface area contributed by atoms with Gasteiger partial charge in [0.2, 0.25) is 5.75 Å². The van der Waals surface area contributed by atoms with Gasteiger partial charge in [-0.3, -0.25) is 0 Å². The number of carbonyl (C=O) groups excluding carboxylic acids is 1. The van der Waals surface area contributed by atoms with Gasteiger partial charge in [-0.05, 0) is 29.3 Å². The molecule has 15 heteroatoms. The molecular weight excluding hydrogens is 551 g/mol. The van der Waals surface area contributed by atoms with Crippen LogP contribution in [-0.4, -0.2) is 30.8 Å². The number of alkyl halides is 3. The van der Waals surface area contributed by atoms with E-state index in [1.54, 1.807) is 12.1 Å². The second-order valence-electron chi connectivity index (χ2n) is 8.71. The standard InChI is InChI=1S/C26H19F5N8O2/c27-16-10-19-20(34-12-16)18(9-14-5-1-2-7-17(14)28)38-39(19)24-36-22(32)21(23(33)37-24)41-25(40)35-11-13-4-3-6-15(8-13)26(29,30)31/h1-8,10,12H,9,11H2,(H,35,40)(H4,32,33,36,37). The minimum atomic E-state index is -4.54. The number of nitrogens with zero attached hydrogens (tertiary/aromatic N) is 5. The fourth-order valence-corrected chi connectivity index (χ4v) is 3.96. The van der Waals surface area contributed by atoms with Crippen LogP contribution >= 0.6 is 0 Å². The van der Waals surface area contributed by atoms with Gasteiger partial charge in [0, 0.05) is 19.0 Å². The zero-order chi connectivity index (χ0) is 29.3. The Kier molecular flexibility index (Phi) is 7.09. The Balaban J connectivity index is 1.39. The van der Waals surface area contributed by atoms with Crippen LogP contribution < -0.4 is 21.5 Å². The lowest BCUT2D eigenvalue weighted by molar-refractivity contribution is -0.137. The molecule has 5 rings (SSSR count). The van der Waals surface area contributed by atoms with Crippen LogP contribution in [0.1, 0.15) is 22.4 Å². The Morgan fingerprint density at radius 2 is 1.73 bits per heavy atom. The fourth-order valence-electron chi connectivity index (χ4n) is 3.96. The van der Waals surface area contributed by atoms with Gasteiger partial charge in [0.15, 0.2) is 11.6 Å². The van der Waals surface area contributed by atoms with Crippen molar-refractivity contribution in [1.29, 1.82) is 0 Å². The number of anilines is 2. The third-order valence-corrected chi connectivity index (χ3v) is 5.85. The van der Waals surface area contributed by atoms with Crippen LogP contribution in [0.3, 0.4) is 0 Å². The Morgan fingerprint density at radius 1 is 1.00 bits per heavy atom. The van der Waals surface area contributed by atoms with Gasteiger partial charge in [-0.1, -0.05) is 30.3 Å². The molecule has 0 aliphatic heterocycles. The number of pyridine rings is 1. The molecule has 0 saturated heterocycles. The number of hydrogen-bond donors (Lipinski definition) is 3. The van der Waals surface area contributed by atoms with Crippen LogP contribution in [0.2, 0.25) is 0 Å². The van der Waals surface area contributed by atoms with E-state index >= 15 is 0 Å². The van der Waals surface area contributed by atoms with Crippen molar-refractivity contribution >= 4 is 28.8 Å². The van der Waals surface area contributed by atoms with E-state index in [1.807, 2.05) is 0 Å². The average molecular weight is 570 g/mol. The first-order valence-electron chi connectivity index (χ1n) is 11.8. The summed E-state index contributed by atoms with van der Waals surface area (Å²) in [5.41, 5.74) is 12.2. The molecule has 0 aliphatic carbocycles. The maximum atomic E-state index is 14.3. The lowest BCUT2D eigenvalue weighted by Gasteiger charge is -2.12. The lowest BCUT2D eigenvalue weighted by Crippen LogP contribution is -2.27. The number of benzene rings is 2. The number of nitrogens with one attached hydrogen (secondary N) is 1. The predicted molar refractivity (Wildman–Crippen MR) is 137 cm³/mol. The summed E-state index contributed by atoms with van der Waals surface area (Å²) in [4.78, 5) is 24.5. The Morgan fingerprint density at radius 3 is 2.44 bits per heavy atom. The number of hydrogen-bond acceptors (Lipinski definition) is 8. The molecular formula is C26H19F5N8O2. The SMILES string of the molecule is Nc1nc(-n2nc(Cc3ccccc3F)c3ncc(F)cc32)nc(N)c1OC(=O)NCc1cccc(C(F)(F)F)c1. The van der Waals surface area contributed by atoms with Gasteiger partial charge in [0.25, 0.3) is 5.95 Å². The Hall–Kier alpha value is -5.34. The van der Waals surface area contributed by atoms with Crippen LogP contribution in [0.4, 0.5) is 38.4 Å². The van der Waals surface area contributed by atoms with Crippen molar-refractivity contribution in [1.82, 2.24) is 30.0 Å². The highest BCUT2D eigenvalue weighted by molar-refractivity contribution is 5.80. The molecule has 0 fully saturated rings. The van der Waals surface area contributed by atoms with Gasteiger partial charge in [-0.25, -0.2) is 18.6 Å². The van der Waals surface area contributed by atoms with E-state index in [4.69, 9.17) is 16.2 Å². The smallest absolute Gasteiger partial charge is 0.402 e. The molecule has 0 bridgehead atoms. The number of rotatable bonds is 6. The van der Waals surface area contributed by atoms with Crippen LogP contribution in [0, 0.1) is 11.6 Å². The highest BCUT2D eigenvalue weighted by Crippen LogP contribution is 2.30. The van der Waals surface area contributed by atoms with Gasteiger partial charge in [-0.15, -0.1) is 0 Å². The summed E-state index contributed by atoms with van der Waals surface area (Å²) in [7, 11) is 0.